The fourth-order valence-electron chi connectivity index (χ4n) is 3.57. The monoisotopic (exact) mass is 305 g/mol. The molecular weight excluding hydrogens is 278 g/mol. The number of benzene rings is 2. The van der Waals surface area contributed by atoms with E-state index in [0.717, 1.165) is 6.42 Å². The van der Waals surface area contributed by atoms with E-state index >= 15 is 0 Å². The molecule has 0 radical (unpaired) electrons. The van der Waals surface area contributed by atoms with E-state index in [4.69, 9.17) is 0 Å². The van der Waals surface area contributed by atoms with Crippen LogP contribution in [0.1, 0.15) is 54.1 Å². The van der Waals surface area contributed by atoms with Crippen LogP contribution in [0.3, 0.4) is 0 Å². The summed E-state index contributed by atoms with van der Waals surface area (Å²) in [5.41, 5.74) is 9.60. The van der Waals surface area contributed by atoms with E-state index in [2.05, 4.69) is 82.4 Å². The molecule has 0 fully saturated rings. The largest absolute Gasteiger partial charge is 0.374 e. The molecule has 1 nitrogen and oxygen atoms in total. The number of para-hydroxylation sites is 1. The molecule has 1 heterocycles. The molecule has 0 saturated carbocycles. The van der Waals surface area contributed by atoms with Crippen LogP contribution in [-0.4, -0.2) is 0 Å². The third-order valence-corrected chi connectivity index (χ3v) is 4.77. The Hall–Kier alpha value is -2.02. The van der Waals surface area contributed by atoms with Crippen LogP contribution in [0.25, 0.3) is 5.57 Å². The fraction of sp³-hybridized carbons (Fsp3) is 0.364. The van der Waals surface area contributed by atoms with Crippen molar-refractivity contribution in [3.8, 4) is 0 Å². The van der Waals surface area contributed by atoms with Gasteiger partial charge >= 0.3 is 0 Å². The Kier molecular flexibility index (Phi) is 4.30. The van der Waals surface area contributed by atoms with Gasteiger partial charge in [-0.25, -0.2) is 0 Å². The zero-order chi connectivity index (χ0) is 16.6. The Bertz CT molecular complexity index is 753. The summed E-state index contributed by atoms with van der Waals surface area (Å²) in [5, 5.41) is 3.74. The van der Waals surface area contributed by atoms with Gasteiger partial charge in [0, 0.05) is 11.3 Å². The molecule has 1 unspecified atom stereocenters. The van der Waals surface area contributed by atoms with Gasteiger partial charge in [0.05, 0.1) is 6.04 Å². The first-order valence-corrected chi connectivity index (χ1v) is 8.60. The van der Waals surface area contributed by atoms with Gasteiger partial charge in [-0.3, -0.25) is 0 Å². The molecule has 0 amide bonds. The summed E-state index contributed by atoms with van der Waals surface area (Å²) in [6.45, 7) is 11.2. The van der Waals surface area contributed by atoms with Gasteiger partial charge in [-0.2, -0.15) is 0 Å². The first-order chi connectivity index (χ1) is 11.0. The van der Waals surface area contributed by atoms with E-state index in [1.54, 1.807) is 0 Å². The Balaban J connectivity index is 2.08. The molecule has 0 saturated heterocycles. The van der Waals surface area contributed by atoms with Gasteiger partial charge in [0.2, 0.25) is 0 Å². The molecule has 1 N–H and O–H groups in total. The lowest BCUT2D eigenvalue weighted by Gasteiger charge is -2.29. The third-order valence-electron chi connectivity index (χ3n) is 4.77. The normalized spacial score (nSPS) is 16.8. The Morgan fingerprint density at radius 3 is 2.52 bits per heavy atom. The summed E-state index contributed by atoms with van der Waals surface area (Å²) in [6, 6.07) is 13.6. The van der Waals surface area contributed by atoms with E-state index in [9.17, 15) is 0 Å². The summed E-state index contributed by atoms with van der Waals surface area (Å²) < 4.78 is 0. The van der Waals surface area contributed by atoms with Crippen LogP contribution in [-0.2, 0) is 0 Å². The first-order valence-electron chi connectivity index (χ1n) is 8.60. The van der Waals surface area contributed by atoms with Gasteiger partial charge in [0.1, 0.15) is 0 Å². The highest BCUT2D eigenvalue weighted by Crippen LogP contribution is 2.39. The summed E-state index contributed by atoms with van der Waals surface area (Å²) in [4.78, 5) is 0. The predicted octanol–water partition coefficient (Wildman–Crippen LogP) is 6.21. The highest BCUT2D eigenvalue weighted by molar-refractivity contribution is 5.80. The van der Waals surface area contributed by atoms with Crippen molar-refractivity contribution in [2.24, 2.45) is 5.92 Å². The van der Waals surface area contributed by atoms with Gasteiger partial charge in [-0.05, 0) is 61.4 Å². The lowest BCUT2D eigenvalue weighted by atomic mass is 9.86. The van der Waals surface area contributed by atoms with E-state index in [1.807, 2.05) is 0 Å². The second-order valence-electron chi connectivity index (χ2n) is 7.25. The number of rotatable bonds is 3. The van der Waals surface area contributed by atoms with Crippen molar-refractivity contribution in [3.63, 3.8) is 0 Å². The van der Waals surface area contributed by atoms with Crippen LogP contribution in [0.4, 0.5) is 5.69 Å². The molecule has 0 aliphatic carbocycles. The molecule has 1 heteroatoms. The van der Waals surface area contributed by atoms with Crippen molar-refractivity contribution in [1.29, 1.82) is 0 Å². The number of fused-ring (bicyclic) bond motifs is 1. The minimum absolute atomic E-state index is 0.261. The smallest absolute Gasteiger partial charge is 0.0706 e. The molecule has 23 heavy (non-hydrogen) atoms. The van der Waals surface area contributed by atoms with Crippen molar-refractivity contribution >= 4 is 11.3 Å². The first kappa shape index (κ1) is 15.9. The summed E-state index contributed by atoms with van der Waals surface area (Å²) in [6.07, 6.45) is 3.56. The van der Waals surface area contributed by atoms with E-state index in [1.165, 1.54) is 39.1 Å². The van der Waals surface area contributed by atoms with Crippen LogP contribution < -0.4 is 5.32 Å². The van der Waals surface area contributed by atoms with Gasteiger partial charge < -0.3 is 5.32 Å². The predicted molar refractivity (Wildman–Crippen MR) is 101 cm³/mol. The standard InChI is InChI=1S/C22H27N/c1-14(2)10-18-13-22(23-21-9-7-6-8-19(18)21)20-12-15(3)11-16(4)17(20)5/h6-9,11-14,22-23H,10H2,1-5H3. The number of hydrogen-bond acceptors (Lipinski definition) is 1. The van der Waals surface area contributed by atoms with Gasteiger partial charge in [0.15, 0.2) is 0 Å². The number of allylic oxidation sites excluding steroid dienone is 1. The quantitative estimate of drug-likeness (QED) is 0.711. The third kappa shape index (κ3) is 3.19. The molecule has 3 rings (SSSR count). The molecule has 0 bridgehead atoms. The minimum atomic E-state index is 0.261. The number of anilines is 1. The minimum Gasteiger partial charge on any atom is -0.374 e. The fourth-order valence-corrected chi connectivity index (χ4v) is 3.57. The molecule has 1 atom stereocenters. The molecule has 1 aliphatic heterocycles. The van der Waals surface area contributed by atoms with Crippen LogP contribution in [0.5, 0.6) is 0 Å². The summed E-state index contributed by atoms with van der Waals surface area (Å²) in [5.74, 6) is 0.661. The average Bonchev–Trinajstić information content (AvgIpc) is 2.50. The topological polar surface area (TPSA) is 12.0 Å². The van der Waals surface area contributed by atoms with E-state index < -0.39 is 0 Å². The molecule has 0 aromatic heterocycles. The Labute approximate surface area is 140 Å². The SMILES string of the molecule is Cc1cc(C)c(C)c(C2C=C(CC(C)C)c3ccccc3N2)c1. The maximum Gasteiger partial charge on any atom is 0.0706 e. The molecule has 2 aromatic rings. The van der Waals surface area contributed by atoms with Crippen LogP contribution in [0.15, 0.2) is 42.5 Å². The van der Waals surface area contributed by atoms with Crippen molar-refractivity contribution in [2.45, 2.75) is 47.1 Å². The Morgan fingerprint density at radius 1 is 1.04 bits per heavy atom. The highest BCUT2D eigenvalue weighted by Gasteiger charge is 2.21. The van der Waals surface area contributed by atoms with Crippen molar-refractivity contribution in [1.82, 2.24) is 0 Å². The van der Waals surface area contributed by atoms with E-state index in [0.29, 0.717) is 5.92 Å². The average molecular weight is 305 g/mol. The number of hydrogen-bond donors (Lipinski definition) is 1. The summed E-state index contributed by atoms with van der Waals surface area (Å²) >= 11 is 0. The maximum atomic E-state index is 3.74. The number of aryl methyl sites for hydroxylation is 2. The second-order valence-corrected chi connectivity index (χ2v) is 7.25. The molecule has 120 valence electrons. The van der Waals surface area contributed by atoms with Gasteiger partial charge in [0.25, 0.3) is 0 Å². The molecular formula is C22H27N. The zero-order valence-corrected chi connectivity index (χ0v) is 14.9. The zero-order valence-electron chi connectivity index (χ0n) is 14.9. The summed E-state index contributed by atoms with van der Waals surface area (Å²) in [7, 11) is 0. The van der Waals surface area contributed by atoms with Crippen molar-refractivity contribution in [2.75, 3.05) is 5.32 Å². The van der Waals surface area contributed by atoms with Gasteiger partial charge in [-0.15, -0.1) is 0 Å². The van der Waals surface area contributed by atoms with Crippen molar-refractivity contribution in [3.05, 3.63) is 70.3 Å². The van der Waals surface area contributed by atoms with Crippen LogP contribution in [0.2, 0.25) is 0 Å². The maximum absolute atomic E-state index is 3.74. The van der Waals surface area contributed by atoms with Crippen LogP contribution >= 0.6 is 0 Å². The van der Waals surface area contributed by atoms with Crippen molar-refractivity contribution < 1.29 is 0 Å². The number of nitrogens with one attached hydrogen (secondary N) is 1. The lowest BCUT2D eigenvalue weighted by Crippen LogP contribution is -2.16. The second kappa shape index (κ2) is 6.23. The van der Waals surface area contributed by atoms with Gasteiger partial charge in [-0.1, -0.05) is 55.8 Å². The Morgan fingerprint density at radius 2 is 1.78 bits per heavy atom. The van der Waals surface area contributed by atoms with Crippen LogP contribution in [0, 0.1) is 26.7 Å². The molecule has 1 aliphatic rings. The highest BCUT2D eigenvalue weighted by atomic mass is 14.9. The lowest BCUT2D eigenvalue weighted by molar-refractivity contribution is 0.670. The molecule has 2 aromatic carbocycles. The molecule has 0 spiro atoms. The van der Waals surface area contributed by atoms with E-state index in [-0.39, 0.29) is 6.04 Å².